The average Bonchev–Trinajstić information content (AvgIpc) is 2.26. The third-order valence-corrected chi connectivity index (χ3v) is 2.77. The van der Waals surface area contributed by atoms with E-state index in [4.69, 9.17) is 14.2 Å². The lowest BCUT2D eigenvalue weighted by atomic mass is 10.1. The molecular weight excluding hydrogens is 293 g/mol. The van der Waals surface area contributed by atoms with Crippen molar-refractivity contribution in [2.24, 2.45) is 0 Å². The average molecular weight is 319 g/mol. The molecule has 22 heavy (non-hydrogen) atoms. The maximum atomic E-state index is 14.1. The minimum Gasteiger partial charge on any atom is -0.444 e. The SMILES string of the molecule is CC(C)(C)OC(=O)O[C@@H]1CCN(C(=O)OC(C)(C)C)C[C@H]1F. The second-order valence-electron chi connectivity index (χ2n) is 7.35. The first-order valence-corrected chi connectivity index (χ1v) is 7.39. The summed E-state index contributed by atoms with van der Waals surface area (Å²) in [5, 5.41) is 0. The first-order valence-electron chi connectivity index (χ1n) is 7.39. The molecule has 128 valence electrons. The normalized spacial score (nSPS) is 23.0. The van der Waals surface area contributed by atoms with Crippen LogP contribution in [-0.4, -0.2) is 53.7 Å². The van der Waals surface area contributed by atoms with E-state index in [1.54, 1.807) is 41.5 Å². The van der Waals surface area contributed by atoms with Crippen LogP contribution in [0, 0.1) is 0 Å². The van der Waals surface area contributed by atoms with Gasteiger partial charge < -0.3 is 19.1 Å². The van der Waals surface area contributed by atoms with E-state index < -0.39 is 35.7 Å². The van der Waals surface area contributed by atoms with E-state index in [0.717, 1.165) is 0 Å². The summed E-state index contributed by atoms with van der Waals surface area (Å²) in [6, 6.07) is 0. The number of ether oxygens (including phenoxy) is 3. The molecular formula is C15H26FNO5. The number of amides is 1. The second kappa shape index (κ2) is 6.71. The van der Waals surface area contributed by atoms with Crippen LogP contribution in [0.3, 0.4) is 0 Å². The Morgan fingerprint density at radius 1 is 1.05 bits per heavy atom. The Morgan fingerprint density at radius 3 is 2.05 bits per heavy atom. The third kappa shape index (κ3) is 6.49. The molecule has 0 bridgehead atoms. The molecule has 7 heteroatoms. The molecule has 0 saturated carbocycles. The third-order valence-electron chi connectivity index (χ3n) is 2.77. The smallest absolute Gasteiger partial charge is 0.444 e. The number of halogens is 1. The highest BCUT2D eigenvalue weighted by molar-refractivity contribution is 5.68. The molecule has 1 aliphatic heterocycles. The van der Waals surface area contributed by atoms with Crippen molar-refractivity contribution >= 4 is 12.2 Å². The lowest BCUT2D eigenvalue weighted by Gasteiger charge is -2.35. The highest BCUT2D eigenvalue weighted by Gasteiger charge is 2.36. The molecule has 1 aliphatic rings. The van der Waals surface area contributed by atoms with Crippen LogP contribution in [-0.2, 0) is 14.2 Å². The van der Waals surface area contributed by atoms with Crippen molar-refractivity contribution in [3.05, 3.63) is 0 Å². The molecule has 1 rings (SSSR count). The molecule has 0 radical (unpaired) electrons. The number of carbonyl (C=O) groups is 2. The summed E-state index contributed by atoms with van der Waals surface area (Å²) < 4.78 is 29.3. The number of rotatable bonds is 1. The summed E-state index contributed by atoms with van der Waals surface area (Å²) in [7, 11) is 0. The van der Waals surface area contributed by atoms with Crippen molar-refractivity contribution in [3.8, 4) is 0 Å². The number of nitrogens with zero attached hydrogens (tertiary/aromatic N) is 1. The van der Waals surface area contributed by atoms with E-state index in [1.165, 1.54) is 4.90 Å². The zero-order valence-corrected chi connectivity index (χ0v) is 14.1. The van der Waals surface area contributed by atoms with Crippen LogP contribution < -0.4 is 0 Å². The highest BCUT2D eigenvalue weighted by atomic mass is 19.1. The minimum atomic E-state index is -1.46. The lowest BCUT2D eigenvalue weighted by molar-refractivity contribution is -0.0649. The van der Waals surface area contributed by atoms with Crippen molar-refractivity contribution in [1.82, 2.24) is 4.90 Å². The van der Waals surface area contributed by atoms with Gasteiger partial charge in [0.05, 0.1) is 6.54 Å². The Balaban J connectivity index is 2.49. The monoisotopic (exact) mass is 319 g/mol. The molecule has 2 atom stereocenters. The van der Waals surface area contributed by atoms with E-state index in [-0.39, 0.29) is 19.5 Å². The first kappa shape index (κ1) is 18.5. The van der Waals surface area contributed by atoms with E-state index >= 15 is 0 Å². The van der Waals surface area contributed by atoms with Crippen LogP contribution in [0.15, 0.2) is 0 Å². The van der Waals surface area contributed by atoms with Gasteiger partial charge in [-0.25, -0.2) is 14.0 Å². The van der Waals surface area contributed by atoms with E-state index in [2.05, 4.69) is 0 Å². The molecule has 0 aliphatic carbocycles. The quantitative estimate of drug-likeness (QED) is 0.694. The molecule has 0 aromatic carbocycles. The Labute approximate surface area is 130 Å². The summed E-state index contributed by atoms with van der Waals surface area (Å²) in [5.41, 5.74) is -1.33. The fraction of sp³-hybridized carbons (Fsp3) is 0.867. The molecule has 0 spiro atoms. The number of alkyl halides is 1. The summed E-state index contributed by atoms with van der Waals surface area (Å²) >= 11 is 0. The maximum Gasteiger partial charge on any atom is 0.509 e. The van der Waals surface area contributed by atoms with Crippen LogP contribution in [0.1, 0.15) is 48.0 Å². The lowest BCUT2D eigenvalue weighted by Crippen LogP contribution is -2.50. The van der Waals surface area contributed by atoms with Crippen molar-refractivity contribution < 1.29 is 28.2 Å². The number of hydrogen-bond donors (Lipinski definition) is 0. The van der Waals surface area contributed by atoms with E-state index in [0.29, 0.717) is 0 Å². The Kier molecular flexibility index (Phi) is 5.65. The summed E-state index contributed by atoms with van der Waals surface area (Å²) in [6.07, 6.45) is -3.63. The predicted octanol–water partition coefficient (Wildman–Crippen LogP) is 3.29. The van der Waals surface area contributed by atoms with Gasteiger partial charge in [0, 0.05) is 13.0 Å². The Bertz CT molecular complexity index is 413. The van der Waals surface area contributed by atoms with E-state index in [9.17, 15) is 14.0 Å². The highest BCUT2D eigenvalue weighted by Crippen LogP contribution is 2.21. The Morgan fingerprint density at radius 2 is 1.59 bits per heavy atom. The first-order chi connectivity index (χ1) is 9.87. The van der Waals surface area contributed by atoms with Gasteiger partial charge in [0.1, 0.15) is 17.3 Å². The van der Waals surface area contributed by atoms with Gasteiger partial charge in [-0.15, -0.1) is 0 Å². The van der Waals surface area contributed by atoms with E-state index in [1.807, 2.05) is 0 Å². The van der Waals surface area contributed by atoms with Crippen LogP contribution in [0.2, 0.25) is 0 Å². The van der Waals surface area contributed by atoms with Gasteiger partial charge in [-0.2, -0.15) is 0 Å². The summed E-state index contributed by atoms with van der Waals surface area (Å²) in [6.45, 7) is 10.4. The van der Waals surface area contributed by atoms with Crippen molar-refractivity contribution in [1.29, 1.82) is 0 Å². The fourth-order valence-electron chi connectivity index (χ4n) is 1.91. The zero-order valence-electron chi connectivity index (χ0n) is 14.1. The van der Waals surface area contributed by atoms with Crippen molar-refractivity contribution in [2.45, 2.75) is 71.4 Å². The van der Waals surface area contributed by atoms with Crippen molar-refractivity contribution in [2.75, 3.05) is 13.1 Å². The zero-order chi connectivity index (χ0) is 17.1. The molecule has 6 nitrogen and oxygen atoms in total. The van der Waals surface area contributed by atoms with Gasteiger partial charge >= 0.3 is 12.2 Å². The van der Waals surface area contributed by atoms with Gasteiger partial charge in [0.15, 0.2) is 6.17 Å². The standard InChI is InChI=1S/C15H26FNO5/c1-14(2,3)21-12(18)17-8-7-11(10(16)9-17)20-13(19)22-15(4,5)6/h10-11H,7-9H2,1-6H3/t10-,11-/m1/s1. The maximum absolute atomic E-state index is 14.1. The fourth-order valence-corrected chi connectivity index (χ4v) is 1.91. The number of carbonyl (C=O) groups excluding carboxylic acids is 2. The van der Waals surface area contributed by atoms with Gasteiger partial charge in [-0.3, -0.25) is 0 Å². The van der Waals surface area contributed by atoms with Crippen LogP contribution in [0.25, 0.3) is 0 Å². The molecule has 1 saturated heterocycles. The van der Waals surface area contributed by atoms with Crippen LogP contribution in [0.5, 0.6) is 0 Å². The van der Waals surface area contributed by atoms with Gasteiger partial charge in [0.2, 0.25) is 0 Å². The van der Waals surface area contributed by atoms with Crippen molar-refractivity contribution in [3.63, 3.8) is 0 Å². The molecule has 1 amide bonds. The topological polar surface area (TPSA) is 65.1 Å². The number of likely N-dealkylation sites (tertiary alicyclic amines) is 1. The largest absolute Gasteiger partial charge is 0.509 e. The summed E-state index contributed by atoms with van der Waals surface area (Å²) in [5.74, 6) is 0. The summed E-state index contributed by atoms with van der Waals surface area (Å²) in [4.78, 5) is 24.7. The molecule has 0 aromatic rings. The number of hydrogen-bond acceptors (Lipinski definition) is 5. The van der Waals surface area contributed by atoms with Crippen LogP contribution >= 0.6 is 0 Å². The molecule has 1 heterocycles. The van der Waals surface area contributed by atoms with Gasteiger partial charge in [-0.1, -0.05) is 0 Å². The minimum absolute atomic E-state index is 0.164. The number of piperidine rings is 1. The molecule has 1 fully saturated rings. The van der Waals surface area contributed by atoms with Gasteiger partial charge in [-0.05, 0) is 41.5 Å². The van der Waals surface area contributed by atoms with Gasteiger partial charge in [0.25, 0.3) is 0 Å². The Hall–Kier alpha value is -1.53. The predicted molar refractivity (Wildman–Crippen MR) is 78.4 cm³/mol. The molecule has 0 aromatic heterocycles. The molecule has 0 N–H and O–H groups in total. The van der Waals surface area contributed by atoms with Crippen LogP contribution in [0.4, 0.5) is 14.0 Å². The molecule has 0 unspecified atom stereocenters. The second-order valence-corrected chi connectivity index (χ2v) is 7.35.